The van der Waals surface area contributed by atoms with E-state index in [1.807, 2.05) is 0 Å². The minimum Gasteiger partial charge on any atom is -0.353 e. The third-order valence-electron chi connectivity index (χ3n) is 3.20. The second kappa shape index (κ2) is 3.32. The molecule has 74 valence electrons. The van der Waals surface area contributed by atoms with Gasteiger partial charge in [-0.25, -0.2) is 0 Å². The predicted molar refractivity (Wildman–Crippen MR) is 52.9 cm³/mol. The average Bonchev–Trinajstić information content (AvgIpc) is 2.13. The monoisotopic (exact) mass is 221 g/mol. The number of halogens is 2. The van der Waals surface area contributed by atoms with Crippen molar-refractivity contribution in [3.05, 3.63) is 0 Å². The van der Waals surface area contributed by atoms with E-state index >= 15 is 0 Å². The van der Waals surface area contributed by atoms with Crippen LogP contribution < -0.4 is 5.32 Å². The Balaban J connectivity index is 2.19. The summed E-state index contributed by atoms with van der Waals surface area (Å²) in [6, 6.07) is 0. The van der Waals surface area contributed by atoms with Crippen LogP contribution in [0.2, 0.25) is 0 Å². The van der Waals surface area contributed by atoms with E-state index in [1.54, 1.807) is 0 Å². The first-order chi connectivity index (χ1) is 6.12. The molecule has 2 rings (SSSR count). The minimum absolute atomic E-state index is 0.165. The Labute approximate surface area is 88.0 Å². The van der Waals surface area contributed by atoms with Crippen LogP contribution in [0.4, 0.5) is 0 Å². The highest BCUT2D eigenvalue weighted by Gasteiger charge is 2.49. The molecule has 1 aliphatic heterocycles. The molecule has 0 bridgehead atoms. The standard InChI is InChI=1S/C9H13Cl2NO/c10-9(11)7-4-2-1-3-6(7)5-12-8(9)13/h6-7H,1-5H2,(H,12,13)/t6-,7-/m1/s1. The molecule has 1 N–H and O–H groups in total. The molecular formula is C9H13Cl2NO. The van der Waals surface area contributed by atoms with Gasteiger partial charge in [0.15, 0.2) is 4.33 Å². The van der Waals surface area contributed by atoms with Gasteiger partial charge in [-0.3, -0.25) is 4.79 Å². The van der Waals surface area contributed by atoms with Crippen LogP contribution in [0.15, 0.2) is 0 Å². The predicted octanol–water partition coefficient (Wildman–Crippen LogP) is 2.10. The molecule has 2 nitrogen and oxygen atoms in total. The summed E-state index contributed by atoms with van der Waals surface area (Å²) in [5.74, 6) is 0.443. The van der Waals surface area contributed by atoms with E-state index in [9.17, 15) is 4.79 Å². The topological polar surface area (TPSA) is 29.1 Å². The van der Waals surface area contributed by atoms with Crippen molar-refractivity contribution >= 4 is 29.1 Å². The Kier molecular flexibility index (Phi) is 2.45. The van der Waals surface area contributed by atoms with E-state index in [4.69, 9.17) is 23.2 Å². The van der Waals surface area contributed by atoms with Crippen molar-refractivity contribution in [3.8, 4) is 0 Å². The third kappa shape index (κ3) is 1.55. The minimum atomic E-state index is -1.18. The van der Waals surface area contributed by atoms with Gasteiger partial charge < -0.3 is 5.32 Å². The zero-order chi connectivity index (χ0) is 9.47. The van der Waals surface area contributed by atoms with Gasteiger partial charge in [-0.2, -0.15) is 0 Å². The summed E-state index contributed by atoms with van der Waals surface area (Å²) in [5, 5.41) is 2.77. The molecule has 0 unspecified atom stereocenters. The molecule has 1 saturated heterocycles. The Morgan fingerprint density at radius 1 is 1.31 bits per heavy atom. The second-order valence-corrected chi connectivity index (χ2v) is 5.37. The maximum absolute atomic E-state index is 11.4. The fourth-order valence-corrected chi connectivity index (χ4v) is 3.15. The normalized spacial score (nSPS) is 37.8. The van der Waals surface area contributed by atoms with E-state index in [1.165, 1.54) is 6.42 Å². The van der Waals surface area contributed by atoms with Gasteiger partial charge in [0.25, 0.3) is 5.91 Å². The Morgan fingerprint density at radius 3 is 2.77 bits per heavy atom. The zero-order valence-corrected chi connectivity index (χ0v) is 8.87. The van der Waals surface area contributed by atoms with Crippen molar-refractivity contribution in [3.63, 3.8) is 0 Å². The first-order valence-electron chi connectivity index (χ1n) is 4.78. The SMILES string of the molecule is O=C1NC[C@H]2CCCC[C@H]2C1(Cl)Cl. The van der Waals surface area contributed by atoms with Crippen molar-refractivity contribution < 1.29 is 4.79 Å². The number of alkyl halides is 2. The summed E-state index contributed by atoms with van der Waals surface area (Å²) in [6.07, 6.45) is 4.52. The zero-order valence-electron chi connectivity index (χ0n) is 7.35. The van der Waals surface area contributed by atoms with Crippen molar-refractivity contribution in [2.75, 3.05) is 6.54 Å². The number of carbonyl (C=O) groups excluding carboxylic acids is 1. The van der Waals surface area contributed by atoms with Gasteiger partial charge >= 0.3 is 0 Å². The molecule has 4 heteroatoms. The number of nitrogens with one attached hydrogen (secondary N) is 1. The lowest BCUT2D eigenvalue weighted by molar-refractivity contribution is -0.126. The highest BCUT2D eigenvalue weighted by atomic mass is 35.5. The van der Waals surface area contributed by atoms with Crippen molar-refractivity contribution in [2.45, 2.75) is 30.0 Å². The molecule has 2 fully saturated rings. The molecule has 0 aromatic carbocycles. The number of hydrogen-bond acceptors (Lipinski definition) is 1. The Morgan fingerprint density at radius 2 is 2.00 bits per heavy atom. The molecule has 13 heavy (non-hydrogen) atoms. The first-order valence-corrected chi connectivity index (χ1v) is 5.54. The maximum atomic E-state index is 11.4. The highest BCUT2D eigenvalue weighted by molar-refractivity contribution is 6.58. The van der Waals surface area contributed by atoms with E-state index in [-0.39, 0.29) is 11.8 Å². The second-order valence-electron chi connectivity index (χ2n) is 3.98. The number of amides is 1. The van der Waals surface area contributed by atoms with E-state index < -0.39 is 4.33 Å². The largest absolute Gasteiger partial charge is 0.353 e. The molecule has 1 heterocycles. The van der Waals surface area contributed by atoms with Crippen LogP contribution in [0, 0.1) is 11.8 Å². The van der Waals surface area contributed by atoms with Gasteiger partial charge in [0.1, 0.15) is 0 Å². The lowest BCUT2D eigenvalue weighted by Crippen LogP contribution is -2.55. The van der Waals surface area contributed by atoms with Gasteiger partial charge in [-0.1, -0.05) is 36.0 Å². The summed E-state index contributed by atoms with van der Waals surface area (Å²) in [5.41, 5.74) is 0. The van der Waals surface area contributed by atoms with Crippen LogP contribution in [-0.4, -0.2) is 16.8 Å². The fraction of sp³-hybridized carbons (Fsp3) is 0.889. The van der Waals surface area contributed by atoms with Gasteiger partial charge in [-0.15, -0.1) is 0 Å². The van der Waals surface area contributed by atoms with Crippen LogP contribution in [0.3, 0.4) is 0 Å². The number of fused-ring (bicyclic) bond motifs is 1. The molecule has 1 amide bonds. The lowest BCUT2D eigenvalue weighted by atomic mass is 9.75. The van der Waals surface area contributed by atoms with E-state index in [0.717, 1.165) is 25.8 Å². The van der Waals surface area contributed by atoms with Gasteiger partial charge in [0, 0.05) is 12.5 Å². The van der Waals surface area contributed by atoms with Gasteiger partial charge in [0.2, 0.25) is 0 Å². The van der Waals surface area contributed by atoms with E-state index in [2.05, 4.69) is 5.32 Å². The number of hydrogen-bond donors (Lipinski definition) is 1. The van der Waals surface area contributed by atoms with Crippen LogP contribution >= 0.6 is 23.2 Å². The van der Waals surface area contributed by atoms with E-state index in [0.29, 0.717) is 5.92 Å². The van der Waals surface area contributed by atoms with Crippen LogP contribution in [0.1, 0.15) is 25.7 Å². The number of rotatable bonds is 0. The van der Waals surface area contributed by atoms with Crippen LogP contribution in [0.5, 0.6) is 0 Å². The van der Waals surface area contributed by atoms with Crippen molar-refractivity contribution in [1.29, 1.82) is 0 Å². The highest BCUT2D eigenvalue weighted by Crippen LogP contribution is 2.45. The Bertz CT molecular complexity index is 230. The molecule has 2 aliphatic rings. The lowest BCUT2D eigenvalue weighted by Gasteiger charge is -2.42. The molecule has 1 aliphatic carbocycles. The number of piperidine rings is 1. The maximum Gasteiger partial charge on any atom is 0.256 e. The van der Waals surface area contributed by atoms with Gasteiger partial charge in [0.05, 0.1) is 0 Å². The average molecular weight is 222 g/mol. The molecule has 0 aromatic rings. The van der Waals surface area contributed by atoms with Crippen LogP contribution in [-0.2, 0) is 4.79 Å². The summed E-state index contributed by atoms with van der Waals surface area (Å²) in [6.45, 7) is 0.755. The summed E-state index contributed by atoms with van der Waals surface area (Å²) in [7, 11) is 0. The molecule has 1 saturated carbocycles. The fourth-order valence-electron chi connectivity index (χ4n) is 2.44. The molecule has 0 aromatic heterocycles. The van der Waals surface area contributed by atoms with Crippen molar-refractivity contribution in [1.82, 2.24) is 5.32 Å². The van der Waals surface area contributed by atoms with Gasteiger partial charge in [-0.05, 0) is 18.8 Å². The summed E-state index contributed by atoms with van der Waals surface area (Å²) >= 11 is 12.1. The molecule has 0 radical (unpaired) electrons. The quantitative estimate of drug-likeness (QED) is 0.625. The molecule has 2 atom stereocenters. The molecular weight excluding hydrogens is 209 g/mol. The van der Waals surface area contributed by atoms with Crippen LogP contribution in [0.25, 0.3) is 0 Å². The molecule has 0 spiro atoms. The third-order valence-corrected chi connectivity index (χ3v) is 4.11. The summed E-state index contributed by atoms with van der Waals surface area (Å²) < 4.78 is -1.18. The Hall–Kier alpha value is 0.0500. The first kappa shape index (κ1) is 9.60. The van der Waals surface area contributed by atoms with Crippen molar-refractivity contribution in [2.24, 2.45) is 11.8 Å². The summed E-state index contributed by atoms with van der Waals surface area (Å²) in [4.78, 5) is 11.4. The number of carbonyl (C=O) groups is 1. The smallest absolute Gasteiger partial charge is 0.256 e.